The number of amides is 1. The predicted octanol–water partition coefficient (Wildman–Crippen LogP) is 2.68. The number of rotatable bonds is 5. The van der Waals surface area contributed by atoms with Crippen molar-refractivity contribution in [3.63, 3.8) is 0 Å². The first-order valence-corrected chi connectivity index (χ1v) is 6.72. The van der Waals surface area contributed by atoms with Crippen molar-refractivity contribution in [3.05, 3.63) is 29.8 Å². The number of carbonyl (C=O) groups is 2. The molecular formula is C14H21NO3S. The van der Waals surface area contributed by atoms with E-state index in [1.54, 1.807) is 24.3 Å². The van der Waals surface area contributed by atoms with Crippen LogP contribution in [0.1, 0.15) is 37.0 Å². The van der Waals surface area contributed by atoms with Gasteiger partial charge in [0.05, 0.1) is 7.11 Å². The van der Waals surface area contributed by atoms with Gasteiger partial charge in [0.2, 0.25) is 0 Å². The van der Waals surface area contributed by atoms with Crippen molar-refractivity contribution in [2.75, 3.05) is 13.7 Å². The van der Waals surface area contributed by atoms with E-state index >= 15 is 0 Å². The Labute approximate surface area is 119 Å². The zero-order valence-electron chi connectivity index (χ0n) is 11.6. The molecule has 1 aromatic rings. The number of nitrogens with one attached hydrogen (secondary N) is 1. The van der Waals surface area contributed by atoms with E-state index in [0.717, 1.165) is 4.90 Å². The van der Waals surface area contributed by atoms with Crippen molar-refractivity contribution >= 4 is 24.5 Å². The number of benzene rings is 1. The lowest BCUT2D eigenvalue weighted by molar-refractivity contribution is -0.140. The Morgan fingerprint density at radius 3 is 2.32 bits per heavy atom. The molecule has 0 bridgehead atoms. The van der Waals surface area contributed by atoms with E-state index in [2.05, 4.69) is 22.7 Å². The molecule has 0 unspecified atom stereocenters. The smallest absolute Gasteiger partial charge is 0.305 e. The van der Waals surface area contributed by atoms with Gasteiger partial charge in [0.1, 0.15) is 0 Å². The molecule has 0 aliphatic rings. The van der Waals surface area contributed by atoms with Crippen LogP contribution in [0.2, 0.25) is 0 Å². The van der Waals surface area contributed by atoms with E-state index in [-0.39, 0.29) is 11.9 Å². The summed E-state index contributed by atoms with van der Waals surface area (Å²) in [5.74, 6) is -0.415. The summed E-state index contributed by atoms with van der Waals surface area (Å²) in [6.07, 6.45) is 0.884. The normalized spacial score (nSPS) is 9.05. The van der Waals surface area contributed by atoms with Crippen LogP contribution in [0, 0.1) is 0 Å². The van der Waals surface area contributed by atoms with E-state index in [1.165, 1.54) is 7.11 Å². The standard InChI is InChI=1S/C12H15NO3S.C2H6/c1-16-11(14)3-2-8-13-12(15)9-4-6-10(17)7-5-9;1-2/h4-7,17H,2-3,8H2,1H3,(H,13,15);1-2H3. The largest absolute Gasteiger partial charge is 0.469 e. The fraction of sp³-hybridized carbons (Fsp3) is 0.429. The van der Waals surface area contributed by atoms with Crippen molar-refractivity contribution in [1.29, 1.82) is 0 Å². The Bertz CT molecular complexity index is 390. The van der Waals surface area contributed by atoms with Gasteiger partial charge in [-0.2, -0.15) is 0 Å². The fourth-order valence-corrected chi connectivity index (χ4v) is 1.40. The van der Waals surface area contributed by atoms with Gasteiger partial charge in [-0.15, -0.1) is 12.6 Å². The maximum atomic E-state index is 11.6. The van der Waals surface area contributed by atoms with E-state index < -0.39 is 0 Å². The fourth-order valence-electron chi connectivity index (χ4n) is 1.25. The topological polar surface area (TPSA) is 55.4 Å². The third-order valence-corrected chi connectivity index (χ3v) is 2.50. The van der Waals surface area contributed by atoms with Gasteiger partial charge >= 0.3 is 5.97 Å². The van der Waals surface area contributed by atoms with Gasteiger partial charge < -0.3 is 10.1 Å². The first-order chi connectivity index (χ1) is 9.13. The van der Waals surface area contributed by atoms with Crippen LogP contribution < -0.4 is 5.32 Å². The SMILES string of the molecule is CC.COC(=O)CCCNC(=O)c1ccc(S)cc1. The van der Waals surface area contributed by atoms with Crippen molar-refractivity contribution in [2.45, 2.75) is 31.6 Å². The molecule has 1 rings (SSSR count). The van der Waals surface area contributed by atoms with Crippen LogP contribution in [0.3, 0.4) is 0 Å². The highest BCUT2D eigenvalue weighted by Gasteiger charge is 2.05. The number of thiol groups is 1. The summed E-state index contributed by atoms with van der Waals surface area (Å²) < 4.78 is 4.49. The monoisotopic (exact) mass is 283 g/mol. The maximum absolute atomic E-state index is 11.6. The highest BCUT2D eigenvalue weighted by molar-refractivity contribution is 7.80. The Morgan fingerprint density at radius 2 is 1.79 bits per heavy atom. The van der Waals surface area contributed by atoms with Crippen molar-refractivity contribution in [3.8, 4) is 0 Å². The molecule has 0 fully saturated rings. The predicted molar refractivity (Wildman–Crippen MR) is 78.6 cm³/mol. The highest BCUT2D eigenvalue weighted by Crippen LogP contribution is 2.07. The van der Waals surface area contributed by atoms with E-state index in [0.29, 0.717) is 24.9 Å². The van der Waals surface area contributed by atoms with E-state index in [9.17, 15) is 9.59 Å². The lowest BCUT2D eigenvalue weighted by atomic mass is 10.2. The summed E-state index contributed by atoms with van der Waals surface area (Å²) in [7, 11) is 1.35. The quantitative estimate of drug-likeness (QED) is 0.496. The molecule has 19 heavy (non-hydrogen) atoms. The van der Waals surface area contributed by atoms with Crippen LogP contribution in [0.5, 0.6) is 0 Å². The van der Waals surface area contributed by atoms with Gasteiger partial charge in [0.25, 0.3) is 5.91 Å². The van der Waals surface area contributed by atoms with Crippen LogP contribution in [0.25, 0.3) is 0 Å². The molecule has 0 aliphatic carbocycles. The Morgan fingerprint density at radius 1 is 1.21 bits per heavy atom. The van der Waals surface area contributed by atoms with Gasteiger partial charge in [-0.3, -0.25) is 9.59 Å². The van der Waals surface area contributed by atoms with Gasteiger partial charge in [-0.25, -0.2) is 0 Å². The Balaban J connectivity index is 0.00000154. The summed E-state index contributed by atoms with van der Waals surface area (Å²) in [6.45, 7) is 4.45. The van der Waals surface area contributed by atoms with Crippen LogP contribution in [0.4, 0.5) is 0 Å². The molecule has 0 radical (unpaired) electrons. The maximum Gasteiger partial charge on any atom is 0.305 e. The van der Waals surface area contributed by atoms with Crippen molar-refractivity contribution in [1.82, 2.24) is 5.32 Å². The minimum atomic E-state index is -0.265. The van der Waals surface area contributed by atoms with Crippen molar-refractivity contribution in [2.24, 2.45) is 0 Å². The molecule has 1 aromatic carbocycles. The van der Waals surface area contributed by atoms with Crippen LogP contribution in [0.15, 0.2) is 29.2 Å². The van der Waals surface area contributed by atoms with E-state index in [1.807, 2.05) is 13.8 Å². The zero-order chi connectivity index (χ0) is 14.7. The molecule has 0 spiro atoms. The molecule has 0 aliphatic heterocycles. The summed E-state index contributed by atoms with van der Waals surface area (Å²) >= 11 is 4.14. The number of carbonyl (C=O) groups excluding carboxylic acids is 2. The number of hydrogen-bond acceptors (Lipinski definition) is 4. The minimum Gasteiger partial charge on any atom is -0.469 e. The summed E-state index contributed by atoms with van der Waals surface area (Å²) in [5.41, 5.74) is 0.584. The van der Waals surface area contributed by atoms with Gasteiger partial charge in [-0.1, -0.05) is 13.8 Å². The molecule has 0 heterocycles. The Hall–Kier alpha value is -1.49. The van der Waals surface area contributed by atoms with Gasteiger partial charge in [-0.05, 0) is 30.7 Å². The molecule has 0 aromatic heterocycles. The Kier molecular flexibility index (Phi) is 9.62. The second kappa shape index (κ2) is 10.4. The molecule has 1 N–H and O–H groups in total. The second-order valence-electron chi connectivity index (χ2n) is 3.48. The van der Waals surface area contributed by atoms with Crippen molar-refractivity contribution < 1.29 is 14.3 Å². The molecule has 5 heteroatoms. The molecule has 0 saturated heterocycles. The average Bonchev–Trinajstić information content (AvgIpc) is 2.46. The first-order valence-electron chi connectivity index (χ1n) is 6.27. The average molecular weight is 283 g/mol. The molecule has 4 nitrogen and oxygen atoms in total. The van der Waals surface area contributed by atoms with E-state index in [4.69, 9.17) is 0 Å². The summed E-state index contributed by atoms with van der Waals surface area (Å²) in [6, 6.07) is 6.93. The third-order valence-electron chi connectivity index (χ3n) is 2.20. The minimum absolute atomic E-state index is 0.150. The highest BCUT2D eigenvalue weighted by atomic mass is 32.1. The summed E-state index contributed by atoms with van der Waals surface area (Å²) in [4.78, 5) is 23.3. The van der Waals surface area contributed by atoms with Crippen LogP contribution >= 0.6 is 12.6 Å². The zero-order valence-corrected chi connectivity index (χ0v) is 12.5. The molecule has 1 amide bonds. The number of methoxy groups -OCH3 is 1. The summed E-state index contributed by atoms with van der Waals surface area (Å²) in [5, 5.41) is 2.73. The number of esters is 1. The number of hydrogen-bond donors (Lipinski definition) is 2. The molecule has 106 valence electrons. The molecular weight excluding hydrogens is 262 g/mol. The lowest BCUT2D eigenvalue weighted by Crippen LogP contribution is -2.24. The third kappa shape index (κ3) is 7.51. The molecule has 0 atom stereocenters. The molecule has 0 saturated carbocycles. The van der Waals surface area contributed by atoms with Gasteiger partial charge in [0, 0.05) is 23.4 Å². The first kappa shape index (κ1) is 17.5. The lowest BCUT2D eigenvalue weighted by Gasteiger charge is -2.04. The second-order valence-corrected chi connectivity index (χ2v) is 4.00. The van der Waals surface area contributed by atoms with Crippen LogP contribution in [-0.2, 0) is 9.53 Å². The van der Waals surface area contributed by atoms with Gasteiger partial charge in [0.15, 0.2) is 0 Å². The van der Waals surface area contributed by atoms with Crippen LogP contribution in [-0.4, -0.2) is 25.5 Å². The number of ether oxygens (including phenoxy) is 1.